The Labute approximate surface area is 204 Å². The summed E-state index contributed by atoms with van der Waals surface area (Å²) < 4.78 is 31.5. The molecule has 0 bridgehead atoms. The molecular formula is C24H28N4O6S. The Kier molecular flexibility index (Phi) is 7.34. The lowest BCUT2D eigenvalue weighted by atomic mass is 9.72. The molecule has 2 fully saturated rings. The van der Waals surface area contributed by atoms with Crippen molar-refractivity contribution in [1.82, 2.24) is 14.2 Å². The number of benzene rings is 1. The maximum atomic E-state index is 13.1. The van der Waals surface area contributed by atoms with Gasteiger partial charge in [0.25, 0.3) is 10.0 Å². The van der Waals surface area contributed by atoms with Gasteiger partial charge in [-0.15, -0.1) is 0 Å². The zero-order chi connectivity index (χ0) is 25.0. The third-order valence-electron chi connectivity index (χ3n) is 6.44. The number of ether oxygens (including phenoxy) is 1. The van der Waals surface area contributed by atoms with E-state index in [1.807, 2.05) is 18.2 Å². The van der Waals surface area contributed by atoms with E-state index >= 15 is 0 Å². The molecule has 3 amide bonds. The molecule has 1 atom stereocenters. The fourth-order valence-corrected chi connectivity index (χ4v) is 6.03. The van der Waals surface area contributed by atoms with Gasteiger partial charge in [-0.2, -0.15) is 0 Å². The summed E-state index contributed by atoms with van der Waals surface area (Å²) in [6.07, 6.45) is 4.82. The molecule has 1 aliphatic carbocycles. The lowest BCUT2D eigenvalue weighted by Gasteiger charge is -2.36. The van der Waals surface area contributed by atoms with E-state index in [9.17, 15) is 22.8 Å². The topological polar surface area (TPSA) is 126 Å². The number of sulfonamides is 1. The quantitative estimate of drug-likeness (QED) is 0.411. The summed E-state index contributed by atoms with van der Waals surface area (Å²) in [4.78, 5) is 43.5. The molecular weight excluding hydrogens is 472 g/mol. The van der Waals surface area contributed by atoms with Gasteiger partial charge in [-0.05, 0) is 55.9 Å². The molecule has 0 spiro atoms. The van der Waals surface area contributed by atoms with Crippen LogP contribution in [-0.4, -0.2) is 66.8 Å². The van der Waals surface area contributed by atoms with E-state index in [1.165, 1.54) is 24.3 Å². The molecule has 2 aliphatic rings. The number of rotatable bonds is 9. The van der Waals surface area contributed by atoms with Crippen LogP contribution in [0.5, 0.6) is 0 Å². The number of nitrogens with zero attached hydrogens (tertiary/aromatic N) is 3. The van der Waals surface area contributed by atoms with Gasteiger partial charge in [0, 0.05) is 18.7 Å². The molecule has 2 aromatic rings. The van der Waals surface area contributed by atoms with E-state index in [4.69, 9.17) is 4.74 Å². The van der Waals surface area contributed by atoms with Crippen molar-refractivity contribution in [3.63, 3.8) is 0 Å². The summed E-state index contributed by atoms with van der Waals surface area (Å²) >= 11 is 0. The van der Waals surface area contributed by atoms with E-state index < -0.39 is 34.0 Å². The number of methoxy groups -OCH3 is 1. The minimum absolute atomic E-state index is 0.139. The van der Waals surface area contributed by atoms with Crippen LogP contribution in [0.25, 0.3) is 0 Å². The van der Waals surface area contributed by atoms with E-state index in [0.717, 1.165) is 37.2 Å². The molecule has 186 valence electrons. The maximum Gasteiger partial charge on any atom is 0.341 e. The van der Waals surface area contributed by atoms with E-state index in [2.05, 4.69) is 10.3 Å². The molecule has 1 saturated heterocycles. The Morgan fingerprint density at radius 3 is 2.49 bits per heavy atom. The van der Waals surface area contributed by atoms with Crippen LogP contribution in [0.3, 0.4) is 0 Å². The van der Waals surface area contributed by atoms with Crippen LogP contribution < -0.4 is 5.32 Å². The van der Waals surface area contributed by atoms with Gasteiger partial charge in [-0.1, -0.05) is 24.3 Å². The van der Waals surface area contributed by atoms with Crippen LogP contribution in [-0.2, 0) is 24.3 Å². The second kappa shape index (κ2) is 10.4. The Morgan fingerprint density at radius 1 is 1.11 bits per heavy atom. The number of pyridine rings is 1. The van der Waals surface area contributed by atoms with Gasteiger partial charge < -0.3 is 10.1 Å². The predicted octanol–water partition coefficient (Wildman–Crippen LogP) is 2.49. The molecule has 10 nitrogen and oxygen atoms in total. The maximum absolute atomic E-state index is 13.1. The molecule has 0 radical (unpaired) electrons. The average Bonchev–Trinajstić information content (AvgIpc) is 3.21. The van der Waals surface area contributed by atoms with Crippen LogP contribution >= 0.6 is 0 Å². The molecule has 1 saturated carbocycles. The van der Waals surface area contributed by atoms with Crippen LogP contribution in [0.15, 0.2) is 59.6 Å². The Hall–Kier alpha value is -3.47. The lowest BCUT2D eigenvalue weighted by Crippen LogP contribution is -2.46. The zero-order valence-electron chi connectivity index (χ0n) is 19.4. The van der Waals surface area contributed by atoms with Crippen molar-refractivity contribution >= 4 is 33.7 Å². The van der Waals surface area contributed by atoms with Gasteiger partial charge in [-0.25, -0.2) is 27.3 Å². The second-order valence-electron chi connectivity index (χ2n) is 8.70. The van der Waals surface area contributed by atoms with Crippen LogP contribution in [0.4, 0.5) is 10.6 Å². The number of aromatic nitrogens is 1. The second-order valence-corrected chi connectivity index (χ2v) is 10.5. The smallest absolute Gasteiger partial charge is 0.341 e. The first kappa shape index (κ1) is 24.6. The van der Waals surface area contributed by atoms with Crippen LogP contribution in [0, 0.1) is 11.8 Å². The molecule has 11 heteroatoms. The minimum atomic E-state index is -4.34. The zero-order valence-corrected chi connectivity index (χ0v) is 20.2. The van der Waals surface area contributed by atoms with Gasteiger partial charge in [0.1, 0.15) is 5.82 Å². The largest absolute Gasteiger partial charge is 0.467 e. The Bertz CT molecular complexity index is 1170. The first-order valence-electron chi connectivity index (χ1n) is 11.5. The summed E-state index contributed by atoms with van der Waals surface area (Å²) in [5.41, 5.74) is 0. The van der Waals surface area contributed by atoms with Crippen LogP contribution in [0.2, 0.25) is 0 Å². The highest BCUT2D eigenvalue weighted by atomic mass is 32.2. The van der Waals surface area contributed by atoms with Gasteiger partial charge >= 0.3 is 12.0 Å². The van der Waals surface area contributed by atoms with Crippen molar-refractivity contribution in [3.8, 4) is 0 Å². The first-order chi connectivity index (χ1) is 16.8. The Balaban J connectivity index is 1.35. The number of hydrogen-bond acceptors (Lipinski definition) is 8. The number of esters is 1. The van der Waals surface area contributed by atoms with Gasteiger partial charge in [0.15, 0.2) is 6.04 Å². The highest BCUT2D eigenvalue weighted by Crippen LogP contribution is 2.39. The number of imide groups is 1. The lowest BCUT2D eigenvalue weighted by molar-refractivity contribution is -0.144. The number of carbonyl (C=O) groups is 3. The average molecular weight is 501 g/mol. The summed E-state index contributed by atoms with van der Waals surface area (Å²) in [6.45, 7) is 0.412. The normalized spacial score (nSPS) is 22.0. The third-order valence-corrected chi connectivity index (χ3v) is 8.24. The molecule has 1 N–H and O–H groups in total. The monoisotopic (exact) mass is 500 g/mol. The molecule has 1 aromatic heterocycles. The summed E-state index contributed by atoms with van der Waals surface area (Å²) in [7, 11) is -3.23. The number of amides is 3. The SMILES string of the molecule is COC(=O)C1CN(C(=O)C2CC(CCCNc3ccccn3)C2)C(=O)N1S(=O)(=O)c1ccccc1. The number of anilines is 1. The summed E-state index contributed by atoms with van der Waals surface area (Å²) in [5, 5.41) is 3.25. The number of hydrogen-bond donors (Lipinski definition) is 1. The Morgan fingerprint density at radius 2 is 1.83 bits per heavy atom. The van der Waals surface area contributed by atoms with Crippen molar-refractivity contribution in [2.24, 2.45) is 11.8 Å². The molecule has 2 heterocycles. The van der Waals surface area contributed by atoms with Crippen molar-refractivity contribution in [1.29, 1.82) is 0 Å². The molecule has 1 unspecified atom stereocenters. The fraction of sp³-hybridized carbons (Fsp3) is 0.417. The first-order valence-corrected chi connectivity index (χ1v) is 12.9. The standard InChI is InChI=1S/C24H28N4O6S/c1-34-23(30)20-16-27(24(31)28(20)35(32,33)19-9-3-2-4-10-19)22(29)18-14-17(15-18)8-7-13-26-21-11-5-6-12-25-21/h2-6,9-12,17-18,20H,7-8,13-16H2,1H3,(H,25,26). The summed E-state index contributed by atoms with van der Waals surface area (Å²) in [6, 6.07) is 10.6. The molecule has 1 aromatic carbocycles. The van der Waals surface area contributed by atoms with E-state index in [-0.39, 0.29) is 17.4 Å². The van der Waals surface area contributed by atoms with Crippen molar-refractivity contribution in [2.45, 2.75) is 36.6 Å². The van der Waals surface area contributed by atoms with Gasteiger partial charge in [0.05, 0.1) is 18.6 Å². The van der Waals surface area contributed by atoms with Gasteiger partial charge in [-0.3, -0.25) is 9.69 Å². The molecule has 4 rings (SSSR count). The van der Waals surface area contributed by atoms with Crippen molar-refractivity contribution in [3.05, 3.63) is 54.7 Å². The van der Waals surface area contributed by atoms with Crippen LogP contribution in [0.1, 0.15) is 25.7 Å². The third kappa shape index (κ3) is 5.14. The number of carbonyl (C=O) groups excluding carboxylic acids is 3. The fourth-order valence-electron chi connectivity index (χ4n) is 4.51. The minimum Gasteiger partial charge on any atom is -0.467 e. The van der Waals surface area contributed by atoms with E-state index in [1.54, 1.807) is 12.3 Å². The predicted molar refractivity (Wildman–Crippen MR) is 127 cm³/mol. The highest BCUT2D eigenvalue weighted by molar-refractivity contribution is 7.89. The highest BCUT2D eigenvalue weighted by Gasteiger charge is 2.53. The molecule has 1 aliphatic heterocycles. The number of nitrogens with one attached hydrogen (secondary N) is 1. The van der Waals surface area contributed by atoms with E-state index in [0.29, 0.717) is 23.1 Å². The van der Waals surface area contributed by atoms with Crippen molar-refractivity contribution in [2.75, 3.05) is 25.5 Å². The van der Waals surface area contributed by atoms with Gasteiger partial charge in [0.2, 0.25) is 5.91 Å². The molecule has 35 heavy (non-hydrogen) atoms. The van der Waals surface area contributed by atoms with Crippen molar-refractivity contribution < 1.29 is 27.5 Å². The number of urea groups is 1. The summed E-state index contributed by atoms with van der Waals surface area (Å²) in [5.74, 6) is -0.535.